The molecular weight excluding hydrogens is 578 g/mol. The second-order valence-corrected chi connectivity index (χ2v) is 10.4. The number of nitrogen functional groups attached to an aromatic ring is 1. The average Bonchev–Trinajstić information content (AvgIpc) is 3.24. The van der Waals surface area contributed by atoms with Crippen LogP contribution < -0.4 is 11.1 Å². The Labute approximate surface area is 226 Å². The van der Waals surface area contributed by atoms with Crippen molar-refractivity contribution < 1.29 is 13.2 Å². The minimum absolute atomic E-state index is 0.0328. The summed E-state index contributed by atoms with van der Waals surface area (Å²) < 4.78 is 26.1. The van der Waals surface area contributed by atoms with Crippen LogP contribution >= 0.6 is 58.0 Å². The van der Waals surface area contributed by atoms with Gasteiger partial charge in [0, 0.05) is 6.07 Å². The molecular formula is C22H15Cl5N4O3S. The van der Waals surface area contributed by atoms with E-state index in [4.69, 9.17) is 63.7 Å². The Morgan fingerprint density at radius 1 is 0.829 bits per heavy atom. The normalized spacial score (nSPS) is 10.9. The molecule has 0 aliphatic heterocycles. The quantitative estimate of drug-likeness (QED) is 0.251. The highest BCUT2D eigenvalue weighted by Crippen LogP contribution is 2.30. The molecule has 4 rings (SSSR count). The minimum Gasteiger partial charge on any atom is -0.397 e. The van der Waals surface area contributed by atoms with Crippen LogP contribution in [0.5, 0.6) is 0 Å². The lowest BCUT2D eigenvalue weighted by Gasteiger charge is -2.10. The second-order valence-electron chi connectivity index (χ2n) is 6.71. The van der Waals surface area contributed by atoms with Gasteiger partial charge in [-0.1, -0.05) is 88.3 Å². The first kappa shape index (κ1) is 27.1. The van der Waals surface area contributed by atoms with Crippen molar-refractivity contribution in [1.29, 1.82) is 0 Å². The topological polar surface area (TPSA) is 107 Å². The van der Waals surface area contributed by atoms with Crippen LogP contribution in [0.2, 0.25) is 25.2 Å². The maximum absolute atomic E-state index is 12.8. The number of anilines is 2. The van der Waals surface area contributed by atoms with Crippen LogP contribution in [-0.2, 0) is 10.0 Å². The lowest BCUT2D eigenvalue weighted by atomic mass is 10.3. The largest absolute Gasteiger partial charge is 0.397 e. The van der Waals surface area contributed by atoms with Crippen molar-refractivity contribution in [3.8, 4) is 0 Å². The van der Waals surface area contributed by atoms with Crippen molar-refractivity contribution in [3.05, 3.63) is 104 Å². The summed E-state index contributed by atoms with van der Waals surface area (Å²) in [5.41, 5.74) is 5.88. The predicted octanol–water partition coefficient (Wildman–Crippen LogP) is 6.91. The molecule has 0 saturated carbocycles. The van der Waals surface area contributed by atoms with E-state index in [0.717, 1.165) is 6.07 Å². The molecule has 0 bridgehead atoms. The third-order valence-electron chi connectivity index (χ3n) is 4.33. The van der Waals surface area contributed by atoms with Crippen LogP contribution in [-0.4, -0.2) is 23.5 Å². The van der Waals surface area contributed by atoms with Gasteiger partial charge < -0.3 is 11.1 Å². The van der Waals surface area contributed by atoms with Gasteiger partial charge in [-0.15, -0.1) is 9.19 Å². The van der Waals surface area contributed by atoms with Gasteiger partial charge in [-0.25, -0.2) is 0 Å². The zero-order valence-electron chi connectivity index (χ0n) is 17.4. The maximum Gasteiger partial charge on any atom is 0.283 e. The van der Waals surface area contributed by atoms with Crippen LogP contribution in [0.15, 0.2) is 77.7 Å². The van der Waals surface area contributed by atoms with Crippen molar-refractivity contribution >= 4 is 85.3 Å². The first-order chi connectivity index (χ1) is 16.5. The number of hydrogen-bond donors (Lipinski definition) is 2. The number of nitrogens with one attached hydrogen (secondary N) is 1. The molecule has 0 radical (unpaired) electrons. The first-order valence-corrected chi connectivity index (χ1v) is 12.9. The highest BCUT2D eigenvalue weighted by molar-refractivity contribution is 7.90. The van der Waals surface area contributed by atoms with E-state index in [0.29, 0.717) is 19.8 Å². The van der Waals surface area contributed by atoms with Crippen molar-refractivity contribution in [2.75, 3.05) is 11.1 Å². The van der Waals surface area contributed by atoms with Crippen LogP contribution in [0.1, 0.15) is 10.5 Å². The van der Waals surface area contributed by atoms with Gasteiger partial charge in [0.1, 0.15) is 5.69 Å². The zero-order valence-corrected chi connectivity index (χ0v) is 22.0. The Morgan fingerprint density at radius 2 is 1.43 bits per heavy atom. The zero-order chi connectivity index (χ0) is 25.8. The summed E-state index contributed by atoms with van der Waals surface area (Å²) in [5.74, 6) is -0.756. The molecule has 1 aromatic heterocycles. The highest BCUT2D eigenvalue weighted by Gasteiger charge is 2.26. The van der Waals surface area contributed by atoms with Gasteiger partial charge in [0.05, 0.1) is 36.4 Å². The van der Waals surface area contributed by atoms with Gasteiger partial charge >= 0.3 is 0 Å². The summed E-state index contributed by atoms with van der Waals surface area (Å²) in [5, 5.41) is 7.39. The molecule has 0 saturated heterocycles. The number of nitrogens with zero attached hydrogens (tertiary/aromatic N) is 2. The molecule has 0 fully saturated rings. The maximum atomic E-state index is 12.8. The molecule has 0 unspecified atom stereocenters. The molecule has 4 aromatic rings. The fraction of sp³-hybridized carbons (Fsp3) is 0. The smallest absolute Gasteiger partial charge is 0.283 e. The lowest BCUT2D eigenvalue weighted by Crippen LogP contribution is -2.23. The Bertz CT molecular complexity index is 1460. The number of amides is 1. The molecule has 1 heterocycles. The molecule has 13 heteroatoms. The molecule has 182 valence electrons. The van der Waals surface area contributed by atoms with E-state index in [1.807, 2.05) is 0 Å². The second kappa shape index (κ2) is 11.5. The first-order valence-electron chi connectivity index (χ1n) is 9.53. The fourth-order valence-electron chi connectivity index (χ4n) is 2.67. The van der Waals surface area contributed by atoms with Crippen molar-refractivity contribution in [1.82, 2.24) is 9.19 Å². The van der Waals surface area contributed by atoms with Crippen molar-refractivity contribution in [2.24, 2.45) is 0 Å². The van der Waals surface area contributed by atoms with Gasteiger partial charge in [0.15, 0.2) is 5.15 Å². The monoisotopic (exact) mass is 590 g/mol. The van der Waals surface area contributed by atoms with E-state index < -0.39 is 15.9 Å². The number of benzene rings is 3. The number of hydrogen-bond acceptors (Lipinski definition) is 5. The lowest BCUT2D eigenvalue weighted by molar-refractivity contribution is 0.102. The van der Waals surface area contributed by atoms with E-state index >= 15 is 0 Å². The average molecular weight is 593 g/mol. The summed E-state index contributed by atoms with van der Waals surface area (Å²) in [7, 11) is -4.10. The van der Waals surface area contributed by atoms with E-state index in [-0.39, 0.29) is 31.5 Å². The van der Waals surface area contributed by atoms with Crippen LogP contribution in [0.25, 0.3) is 0 Å². The van der Waals surface area contributed by atoms with Gasteiger partial charge in [0.25, 0.3) is 15.9 Å². The number of carbonyl (C=O) groups is 1. The Kier molecular flexibility index (Phi) is 8.93. The molecule has 0 aliphatic carbocycles. The van der Waals surface area contributed by atoms with Crippen LogP contribution in [0.4, 0.5) is 11.4 Å². The van der Waals surface area contributed by atoms with Gasteiger partial charge in [0.2, 0.25) is 0 Å². The van der Waals surface area contributed by atoms with Crippen LogP contribution in [0, 0.1) is 0 Å². The molecule has 0 atom stereocenters. The Hall–Kier alpha value is -2.46. The number of rotatable bonds is 4. The number of aromatic nitrogens is 2. The van der Waals surface area contributed by atoms with Gasteiger partial charge in [-0.2, -0.15) is 8.42 Å². The van der Waals surface area contributed by atoms with Crippen LogP contribution in [0.3, 0.4) is 0 Å². The van der Waals surface area contributed by atoms with Crippen molar-refractivity contribution in [3.63, 3.8) is 0 Å². The van der Waals surface area contributed by atoms with Gasteiger partial charge in [-0.3, -0.25) is 4.79 Å². The summed E-state index contributed by atoms with van der Waals surface area (Å²) in [6.07, 6.45) is 0. The molecule has 0 aliphatic rings. The molecule has 3 N–H and O–H groups in total. The number of halogens is 5. The molecule has 1 amide bonds. The standard InChI is InChI=1S/C16H10Cl3N3O3S.C6H5Cl2N/c17-11-7-4-8-12(15(11)19)20-16(23)13-9-14(18)21-22(13)26(24,25)10-5-2-1-3-6-10;7-4-2-1-3-5(9)6(4)8/h1-9H,(H,20,23);1-3H,9H2. The molecule has 3 aromatic carbocycles. The third kappa shape index (κ3) is 6.41. The summed E-state index contributed by atoms with van der Waals surface area (Å²) >= 11 is 29.0. The fourth-order valence-corrected chi connectivity index (χ4v) is 4.84. The summed E-state index contributed by atoms with van der Waals surface area (Å²) in [6, 6.07) is 18.5. The molecule has 0 spiro atoms. The highest BCUT2D eigenvalue weighted by atomic mass is 35.5. The predicted molar refractivity (Wildman–Crippen MR) is 142 cm³/mol. The van der Waals surface area contributed by atoms with Gasteiger partial charge in [-0.05, 0) is 36.4 Å². The Balaban J connectivity index is 0.000000320. The van der Waals surface area contributed by atoms with E-state index in [1.165, 1.54) is 18.2 Å². The summed E-state index contributed by atoms with van der Waals surface area (Å²) in [4.78, 5) is 12.6. The summed E-state index contributed by atoms with van der Waals surface area (Å²) in [6.45, 7) is 0. The molecule has 35 heavy (non-hydrogen) atoms. The minimum atomic E-state index is -4.10. The van der Waals surface area contributed by atoms with Crippen molar-refractivity contribution in [2.45, 2.75) is 4.90 Å². The van der Waals surface area contributed by atoms with E-state index in [9.17, 15) is 13.2 Å². The van der Waals surface area contributed by atoms with E-state index in [2.05, 4.69) is 10.4 Å². The number of carbonyl (C=O) groups excluding carboxylic acids is 1. The SMILES string of the molecule is Nc1cccc(Cl)c1Cl.O=C(Nc1cccc(Cl)c1Cl)c1cc(Cl)nn1S(=O)(=O)c1ccccc1. The van der Waals surface area contributed by atoms with E-state index in [1.54, 1.807) is 48.5 Å². The molecule has 7 nitrogen and oxygen atoms in total. The Morgan fingerprint density at radius 3 is 2.03 bits per heavy atom. The third-order valence-corrected chi connectivity index (χ3v) is 7.77. The number of nitrogens with two attached hydrogens (primary N) is 1.